The number of nitrogens with zero attached hydrogens (tertiary/aromatic N) is 1. The van der Waals surface area contributed by atoms with Gasteiger partial charge in [-0.1, -0.05) is 18.2 Å². The molecule has 0 aromatic heterocycles. The predicted molar refractivity (Wildman–Crippen MR) is 129 cm³/mol. The minimum Gasteiger partial charge on any atom is -0.493 e. The summed E-state index contributed by atoms with van der Waals surface area (Å²) in [5.74, 6) is 1.58. The summed E-state index contributed by atoms with van der Waals surface area (Å²) in [5.41, 5.74) is 2.43. The molecule has 2 unspecified atom stereocenters. The molecule has 2 aromatic carbocycles. The van der Waals surface area contributed by atoms with Gasteiger partial charge < -0.3 is 29.2 Å². The molecule has 1 fully saturated rings. The lowest BCUT2D eigenvalue weighted by Gasteiger charge is -2.35. The van der Waals surface area contributed by atoms with E-state index in [0.717, 1.165) is 11.1 Å². The number of aryl methyl sites for hydroxylation is 1. The number of hydrogen-bond donors (Lipinski definition) is 1. The fourth-order valence-electron chi connectivity index (χ4n) is 4.19. The average molecular weight is 471 g/mol. The number of ether oxygens (including phenoxy) is 4. The second-order valence-electron chi connectivity index (χ2n) is 8.43. The van der Waals surface area contributed by atoms with E-state index in [0.29, 0.717) is 55.3 Å². The number of carbonyl (C=O) groups is 2. The predicted octanol–water partition coefficient (Wildman–Crippen LogP) is 3.21. The van der Waals surface area contributed by atoms with E-state index in [1.54, 1.807) is 27.4 Å². The Bertz CT molecular complexity index is 982. The van der Waals surface area contributed by atoms with Gasteiger partial charge in [-0.2, -0.15) is 0 Å². The Balaban J connectivity index is 1.52. The van der Waals surface area contributed by atoms with Crippen molar-refractivity contribution in [2.45, 2.75) is 45.4 Å². The third-order valence-corrected chi connectivity index (χ3v) is 5.80. The molecule has 1 N–H and O–H groups in total. The summed E-state index contributed by atoms with van der Waals surface area (Å²) in [7, 11) is 4.68. The minimum atomic E-state index is -0.0757. The molecule has 1 aliphatic heterocycles. The summed E-state index contributed by atoms with van der Waals surface area (Å²) in [4.78, 5) is 27.1. The van der Waals surface area contributed by atoms with Crippen molar-refractivity contribution in [3.05, 3.63) is 53.1 Å². The smallest absolute Gasteiger partial charge is 0.254 e. The van der Waals surface area contributed by atoms with Gasteiger partial charge in [0.05, 0.1) is 33.5 Å². The fourth-order valence-corrected chi connectivity index (χ4v) is 4.19. The van der Waals surface area contributed by atoms with E-state index in [-0.39, 0.29) is 24.0 Å². The van der Waals surface area contributed by atoms with Crippen molar-refractivity contribution < 1.29 is 28.5 Å². The summed E-state index contributed by atoms with van der Waals surface area (Å²) in [6, 6.07) is 11.0. The number of hydrogen-bond acceptors (Lipinski definition) is 6. The Kier molecular flexibility index (Phi) is 8.76. The Morgan fingerprint density at radius 2 is 1.59 bits per heavy atom. The van der Waals surface area contributed by atoms with Crippen molar-refractivity contribution in [1.82, 2.24) is 10.2 Å². The van der Waals surface area contributed by atoms with Gasteiger partial charge in [-0.3, -0.25) is 9.59 Å². The topological polar surface area (TPSA) is 86.3 Å². The van der Waals surface area contributed by atoms with Gasteiger partial charge >= 0.3 is 0 Å². The standard InChI is InChI=1S/C26H34N2O6/c1-17-15-28(16-18(2)34-17)26(30)21-8-6-19(7-9-21)14-27-23(29)13-11-20-10-12-22(31-3)25(33-5)24(20)32-4/h6-10,12,17-18H,11,13-16H2,1-5H3,(H,27,29). The van der Waals surface area contributed by atoms with E-state index in [9.17, 15) is 9.59 Å². The summed E-state index contributed by atoms with van der Waals surface area (Å²) >= 11 is 0. The van der Waals surface area contributed by atoms with Gasteiger partial charge in [0.15, 0.2) is 11.5 Å². The summed E-state index contributed by atoms with van der Waals surface area (Å²) in [6.07, 6.45) is 0.858. The zero-order valence-corrected chi connectivity index (χ0v) is 20.6. The lowest BCUT2D eigenvalue weighted by molar-refractivity contribution is -0.121. The summed E-state index contributed by atoms with van der Waals surface area (Å²) in [6.45, 7) is 5.52. The highest BCUT2D eigenvalue weighted by molar-refractivity contribution is 5.94. The zero-order valence-electron chi connectivity index (χ0n) is 20.6. The maximum atomic E-state index is 12.8. The molecule has 8 heteroatoms. The molecular formula is C26H34N2O6. The monoisotopic (exact) mass is 470 g/mol. The number of rotatable bonds is 9. The second kappa shape index (κ2) is 11.7. The maximum absolute atomic E-state index is 12.8. The van der Waals surface area contributed by atoms with Gasteiger partial charge in [0, 0.05) is 31.6 Å². The number of carbonyl (C=O) groups excluding carboxylic acids is 2. The van der Waals surface area contributed by atoms with Gasteiger partial charge in [-0.15, -0.1) is 0 Å². The van der Waals surface area contributed by atoms with Gasteiger partial charge in [0.25, 0.3) is 5.91 Å². The number of methoxy groups -OCH3 is 3. The molecule has 34 heavy (non-hydrogen) atoms. The molecule has 2 aromatic rings. The van der Waals surface area contributed by atoms with Crippen LogP contribution in [0.25, 0.3) is 0 Å². The lowest BCUT2D eigenvalue weighted by atomic mass is 10.1. The van der Waals surface area contributed by atoms with Crippen LogP contribution in [0.15, 0.2) is 36.4 Å². The van der Waals surface area contributed by atoms with Gasteiger partial charge in [0.2, 0.25) is 11.7 Å². The van der Waals surface area contributed by atoms with Gasteiger partial charge in [-0.05, 0) is 49.6 Å². The molecule has 8 nitrogen and oxygen atoms in total. The Morgan fingerprint density at radius 1 is 0.941 bits per heavy atom. The maximum Gasteiger partial charge on any atom is 0.254 e. The van der Waals surface area contributed by atoms with Crippen LogP contribution < -0.4 is 19.5 Å². The van der Waals surface area contributed by atoms with E-state index in [4.69, 9.17) is 18.9 Å². The number of morpholine rings is 1. The van der Waals surface area contributed by atoms with Crippen LogP contribution in [0.1, 0.15) is 41.8 Å². The van der Waals surface area contributed by atoms with Gasteiger partial charge in [-0.25, -0.2) is 0 Å². The number of nitrogens with one attached hydrogen (secondary N) is 1. The molecule has 1 heterocycles. The van der Waals surface area contributed by atoms with Crippen LogP contribution in [0.3, 0.4) is 0 Å². The highest BCUT2D eigenvalue weighted by Crippen LogP contribution is 2.40. The molecule has 0 radical (unpaired) electrons. The van der Waals surface area contributed by atoms with E-state index < -0.39 is 0 Å². The molecule has 0 bridgehead atoms. The Morgan fingerprint density at radius 3 is 2.18 bits per heavy atom. The first-order valence-electron chi connectivity index (χ1n) is 11.4. The Labute approximate surface area is 201 Å². The van der Waals surface area contributed by atoms with Crippen molar-refractivity contribution >= 4 is 11.8 Å². The normalized spacial score (nSPS) is 17.7. The van der Waals surface area contributed by atoms with Crippen molar-refractivity contribution in [2.75, 3.05) is 34.4 Å². The quantitative estimate of drug-likeness (QED) is 0.606. The third-order valence-electron chi connectivity index (χ3n) is 5.80. The number of amides is 2. The van der Waals surface area contributed by atoms with Crippen molar-refractivity contribution in [1.29, 1.82) is 0 Å². The minimum absolute atomic E-state index is 0.00134. The largest absolute Gasteiger partial charge is 0.493 e. The first-order chi connectivity index (χ1) is 16.4. The average Bonchev–Trinajstić information content (AvgIpc) is 2.84. The lowest BCUT2D eigenvalue weighted by Crippen LogP contribution is -2.48. The first kappa shape index (κ1) is 25.4. The SMILES string of the molecule is COc1ccc(CCC(=O)NCc2ccc(C(=O)N3CC(C)OC(C)C3)cc2)c(OC)c1OC. The van der Waals surface area contributed by atoms with Crippen molar-refractivity contribution in [3.63, 3.8) is 0 Å². The summed E-state index contributed by atoms with van der Waals surface area (Å²) in [5, 5.41) is 2.93. The van der Waals surface area contributed by atoms with E-state index in [2.05, 4.69) is 5.32 Å². The molecule has 184 valence electrons. The van der Waals surface area contributed by atoms with Crippen LogP contribution in [0.4, 0.5) is 0 Å². The highest BCUT2D eigenvalue weighted by atomic mass is 16.5. The van der Waals surface area contributed by atoms with E-state index in [1.807, 2.05) is 49.1 Å². The van der Waals surface area contributed by atoms with Crippen LogP contribution >= 0.6 is 0 Å². The van der Waals surface area contributed by atoms with Crippen molar-refractivity contribution in [2.24, 2.45) is 0 Å². The molecule has 2 amide bonds. The molecule has 1 saturated heterocycles. The fraction of sp³-hybridized carbons (Fsp3) is 0.462. The molecule has 3 rings (SSSR count). The molecule has 2 atom stereocenters. The molecule has 0 saturated carbocycles. The van der Waals surface area contributed by atoms with E-state index in [1.165, 1.54) is 0 Å². The van der Waals surface area contributed by atoms with Crippen LogP contribution in [-0.4, -0.2) is 63.3 Å². The van der Waals surface area contributed by atoms with Crippen LogP contribution in [0, 0.1) is 0 Å². The molecule has 0 spiro atoms. The molecule has 0 aliphatic carbocycles. The summed E-state index contributed by atoms with van der Waals surface area (Å²) < 4.78 is 21.9. The molecule has 1 aliphatic rings. The Hall–Kier alpha value is -3.26. The van der Waals surface area contributed by atoms with Crippen LogP contribution in [0.5, 0.6) is 17.2 Å². The third kappa shape index (κ3) is 6.20. The first-order valence-corrected chi connectivity index (χ1v) is 11.4. The van der Waals surface area contributed by atoms with Gasteiger partial charge in [0.1, 0.15) is 0 Å². The zero-order chi connectivity index (χ0) is 24.7. The number of benzene rings is 2. The molecular weight excluding hydrogens is 436 g/mol. The van der Waals surface area contributed by atoms with Crippen molar-refractivity contribution in [3.8, 4) is 17.2 Å². The highest BCUT2D eigenvalue weighted by Gasteiger charge is 2.26. The van der Waals surface area contributed by atoms with Crippen LogP contribution in [0.2, 0.25) is 0 Å². The van der Waals surface area contributed by atoms with E-state index >= 15 is 0 Å². The second-order valence-corrected chi connectivity index (χ2v) is 8.43. The van der Waals surface area contributed by atoms with Crippen LogP contribution in [-0.2, 0) is 22.5 Å².